The lowest BCUT2D eigenvalue weighted by atomic mass is 9.76. The number of anilines is 1. The number of ether oxygens (including phenoxy) is 2. The number of rotatable bonds is 12. The van der Waals surface area contributed by atoms with Gasteiger partial charge in [-0.2, -0.15) is 0 Å². The summed E-state index contributed by atoms with van der Waals surface area (Å²) in [4.78, 5) is 32.2. The Morgan fingerprint density at radius 1 is 1.11 bits per heavy atom. The van der Waals surface area contributed by atoms with Crippen LogP contribution in [0.3, 0.4) is 0 Å². The summed E-state index contributed by atoms with van der Waals surface area (Å²) in [7, 11) is 3.26. The highest BCUT2D eigenvalue weighted by molar-refractivity contribution is 6.36. The summed E-state index contributed by atoms with van der Waals surface area (Å²) >= 11 is 13.5. The van der Waals surface area contributed by atoms with Crippen molar-refractivity contribution in [1.29, 1.82) is 0 Å². The molecule has 7 rings (SSSR count). The van der Waals surface area contributed by atoms with E-state index < -0.39 is 29.5 Å². The number of hydrogen-bond donors (Lipinski definition) is 4. The lowest BCUT2D eigenvalue weighted by Crippen LogP contribution is -2.56. The fraction of sp³-hybridized carbons (Fsp3) is 0.410. The van der Waals surface area contributed by atoms with Crippen molar-refractivity contribution in [3.63, 3.8) is 0 Å². The second-order valence-electron chi connectivity index (χ2n) is 14.1. The molecule has 0 bridgehead atoms. The number of nitrogens with zero attached hydrogens (tertiary/aromatic N) is 3. The molecule has 1 aliphatic heterocycles. The molecule has 53 heavy (non-hydrogen) atoms. The topological polar surface area (TPSA) is 138 Å². The third-order valence-corrected chi connectivity index (χ3v) is 11.5. The number of methoxy groups -OCH3 is 1. The van der Waals surface area contributed by atoms with Crippen LogP contribution >= 0.6 is 23.2 Å². The summed E-state index contributed by atoms with van der Waals surface area (Å²) in [5.74, 6) is -1.45. The zero-order chi connectivity index (χ0) is 37.6. The van der Waals surface area contributed by atoms with Crippen LogP contribution in [0.1, 0.15) is 77.4 Å². The van der Waals surface area contributed by atoms with Gasteiger partial charge in [0.1, 0.15) is 28.2 Å². The first-order chi connectivity index (χ1) is 25.4. The van der Waals surface area contributed by atoms with Crippen molar-refractivity contribution >= 4 is 40.8 Å². The minimum atomic E-state index is -1.08. The maximum Gasteiger partial charge on any atom is 0.323 e. The Balaban J connectivity index is 1.10. The highest BCUT2D eigenvalue weighted by Gasteiger charge is 2.44. The molecule has 2 unspecified atom stereocenters. The number of aliphatic hydroxyl groups excluding tert-OH is 1. The van der Waals surface area contributed by atoms with Crippen LogP contribution in [-0.4, -0.2) is 68.4 Å². The number of amides is 1. The molecule has 0 spiro atoms. The van der Waals surface area contributed by atoms with Gasteiger partial charge in [0.05, 0.1) is 29.6 Å². The minimum Gasteiger partial charge on any atom is -0.496 e. The molecule has 2 atom stereocenters. The zero-order valence-corrected chi connectivity index (χ0v) is 31.3. The summed E-state index contributed by atoms with van der Waals surface area (Å²) in [5, 5.41) is 25.7. The van der Waals surface area contributed by atoms with Gasteiger partial charge in [-0.3, -0.25) is 19.8 Å². The number of imidazole rings is 1. The van der Waals surface area contributed by atoms with E-state index in [1.54, 1.807) is 19.1 Å². The molecule has 0 saturated heterocycles. The fourth-order valence-corrected chi connectivity index (χ4v) is 8.27. The largest absolute Gasteiger partial charge is 0.496 e. The molecule has 2 aliphatic carbocycles. The van der Waals surface area contributed by atoms with Gasteiger partial charge in [0, 0.05) is 62.5 Å². The molecule has 14 heteroatoms. The van der Waals surface area contributed by atoms with Gasteiger partial charge in [-0.15, -0.1) is 0 Å². The van der Waals surface area contributed by atoms with Gasteiger partial charge in [-0.25, -0.2) is 9.37 Å². The highest BCUT2D eigenvalue weighted by atomic mass is 35.5. The molecule has 1 amide bonds. The number of carboxylic acid groups (broad SMARTS) is 1. The third-order valence-electron chi connectivity index (χ3n) is 10.8. The van der Waals surface area contributed by atoms with Crippen molar-refractivity contribution in [3.05, 3.63) is 92.2 Å². The molecule has 4 N–H and O–H groups in total. The summed E-state index contributed by atoms with van der Waals surface area (Å²) < 4.78 is 29.4. The predicted octanol–water partition coefficient (Wildman–Crippen LogP) is 6.70. The number of hydrogen-bond acceptors (Lipinski definition) is 8. The SMILES string of the molecule is COc1cc(OC2CCc3c(-c4cccc(NC(=O)c5nc6c(n5C)CCN(CC(C)O)C6)c4Cl)cccc32)c(Cl)c(F)c1CNC1(C(=O)O)CCC1. The summed E-state index contributed by atoms with van der Waals surface area (Å²) in [5.41, 5.74) is 4.88. The highest BCUT2D eigenvalue weighted by Crippen LogP contribution is 2.46. The molecule has 11 nitrogen and oxygen atoms in total. The summed E-state index contributed by atoms with van der Waals surface area (Å²) in [6.07, 6.45) is 2.81. The average Bonchev–Trinajstić information content (AvgIpc) is 3.67. The van der Waals surface area contributed by atoms with E-state index in [1.807, 2.05) is 41.9 Å². The average molecular weight is 767 g/mol. The Morgan fingerprint density at radius 3 is 2.57 bits per heavy atom. The number of nitrogens with one attached hydrogen (secondary N) is 2. The van der Waals surface area contributed by atoms with Crippen molar-refractivity contribution in [2.75, 3.05) is 25.5 Å². The van der Waals surface area contributed by atoms with Crippen LogP contribution in [0.25, 0.3) is 11.1 Å². The normalized spacial score (nSPS) is 18.1. The van der Waals surface area contributed by atoms with E-state index in [4.69, 9.17) is 32.7 Å². The molecule has 4 aromatic rings. The van der Waals surface area contributed by atoms with E-state index in [-0.39, 0.29) is 40.4 Å². The van der Waals surface area contributed by atoms with E-state index in [0.717, 1.165) is 53.0 Å². The van der Waals surface area contributed by atoms with Crippen molar-refractivity contribution in [3.8, 4) is 22.6 Å². The predicted molar refractivity (Wildman–Crippen MR) is 199 cm³/mol. The van der Waals surface area contributed by atoms with E-state index in [1.165, 1.54) is 7.11 Å². The molecular weight excluding hydrogens is 724 g/mol. The molecule has 280 valence electrons. The van der Waals surface area contributed by atoms with Crippen molar-refractivity contribution in [2.24, 2.45) is 7.05 Å². The Labute approximate surface area is 317 Å². The van der Waals surface area contributed by atoms with Crippen molar-refractivity contribution < 1.29 is 33.7 Å². The Hall–Kier alpha value is -4.20. The number of halogens is 3. The standard InChI is InChI=1S/C39H42Cl2FN5O6/c1-21(48)19-47-16-13-29-28(20-47)44-36(46(29)2)37(49)45-27-10-5-9-25(33(27)40)22-7-4-8-24-23(22)11-12-30(24)53-32-17-31(52-3)26(35(42)34(32)41)18-43-39(38(50)51)14-6-15-39/h4-5,7-10,17,21,30,43,48H,6,11-16,18-20H2,1-3H3,(H,45,49)(H,50,51). The number of β-amino-alcohol motifs (C(OH)–C–C–N with tert-alkyl or cyclic N) is 1. The number of carbonyl (C=O) groups is 2. The van der Waals surface area contributed by atoms with Crippen LogP contribution in [0.4, 0.5) is 10.1 Å². The van der Waals surface area contributed by atoms with Crippen LogP contribution in [0, 0.1) is 5.82 Å². The Morgan fingerprint density at radius 2 is 1.87 bits per heavy atom. The van der Waals surface area contributed by atoms with Crippen LogP contribution in [0.2, 0.25) is 10.0 Å². The summed E-state index contributed by atoms with van der Waals surface area (Å²) in [6.45, 7) is 3.57. The van der Waals surface area contributed by atoms with E-state index in [2.05, 4.69) is 20.5 Å². The van der Waals surface area contributed by atoms with Gasteiger partial charge in [0.15, 0.2) is 11.6 Å². The first kappa shape index (κ1) is 37.1. The molecule has 3 aliphatic rings. The molecular formula is C39H42Cl2FN5O6. The fourth-order valence-electron chi connectivity index (χ4n) is 7.78. The van der Waals surface area contributed by atoms with Crippen LogP contribution in [-0.2, 0) is 37.8 Å². The van der Waals surface area contributed by atoms with Gasteiger partial charge in [-0.1, -0.05) is 53.5 Å². The second-order valence-corrected chi connectivity index (χ2v) is 14.9. The van der Waals surface area contributed by atoms with Gasteiger partial charge < -0.3 is 29.6 Å². The van der Waals surface area contributed by atoms with Crippen molar-refractivity contribution in [2.45, 2.75) is 76.3 Å². The van der Waals surface area contributed by atoms with E-state index in [9.17, 15) is 19.8 Å². The molecule has 1 saturated carbocycles. The Kier molecular flexibility index (Phi) is 10.4. The van der Waals surface area contributed by atoms with Crippen LogP contribution in [0.15, 0.2) is 42.5 Å². The number of carbonyl (C=O) groups excluding carboxylic acids is 1. The van der Waals surface area contributed by atoms with Crippen LogP contribution in [0.5, 0.6) is 11.5 Å². The number of benzene rings is 3. The first-order valence-electron chi connectivity index (χ1n) is 17.8. The second kappa shape index (κ2) is 14.9. The molecule has 1 aromatic heterocycles. The van der Waals surface area contributed by atoms with Gasteiger partial charge in [-0.05, 0) is 61.8 Å². The van der Waals surface area contributed by atoms with Gasteiger partial charge >= 0.3 is 5.97 Å². The molecule has 2 heterocycles. The Bertz CT molecular complexity index is 2080. The molecule has 0 radical (unpaired) electrons. The van der Waals surface area contributed by atoms with Gasteiger partial charge in [0.2, 0.25) is 0 Å². The lowest BCUT2D eigenvalue weighted by molar-refractivity contribution is -0.148. The smallest absolute Gasteiger partial charge is 0.323 e. The summed E-state index contributed by atoms with van der Waals surface area (Å²) in [6, 6.07) is 12.9. The molecule has 3 aromatic carbocycles. The minimum absolute atomic E-state index is 0.0649. The van der Waals surface area contributed by atoms with Crippen LogP contribution < -0.4 is 20.1 Å². The van der Waals surface area contributed by atoms with E-state index >= 15 is 4.39 Å². The quantitative estimate of drug-likeness (QED) is 0.124. The molecule has 1 fully saturated rings. The number of carboxylic acids is 1. The number of aliphatic hydroxyl groups is 1. The monoisotopic (exact) mass is 765 g/mol. The lowest BCUT2D eigenvalue weighted by Gasteiger charge is -2.38. The number of aliphatic carboxylic acids is 1. The van der Waals surface area contributed by atoms with Gasteiger partial charge in [0.25, 0.3) is 5.91 Å². The zero-order valence-electron chi connectivity index (χ0n) is 29.8. The van der Waals surface area contributed by atoms with E-state index in [0.29, 0.717) is 49.5 Å². The number of aromatic nitrogens is 2. The third kappa shape index (κ3) is 6.99. The maximum absolute atomic E-state index is 15.7. The van der Waals surface area contributed by atoms with Crippen molar-refractivity contribution in [1.82, 2.24) is 19.8 Å². The maximum atomic E-state index is 15.7. The number of fused-ring (bicyclic) bond motifs is 2. The first-order valence-corrected chi connectivity index (χ1v) is 18.5.